The van der Waals surface area contributed by atoms with E-state index in [1.807, 2.05) is 11.4 Å². The average Bonchev–Trinajstić information content (AvgIpc) is 2.92. The van der Waals surface area contributed by atoms with Crippen molar-refractivity contribution in [2.24, 2.45) is 0 Å². The lowest BCUT2D eigenvalue weighted by Gasteiger charge is -2.15. The molecule has 0 radical (unpaired) electrons. The van der Waals surface area contributed by atoms with Gasteiger partial charge in [-0.3, -0.25) is 4.90 Å². The van der Waals surface area contributed by atoms with Gasteiger partial charge in [0.1, 0.15) is 4.88 Å². The van der Waals surface area contributed by atoms with Gasteiger partial charge >= 0.3 is 5.97 Å². The molecule has 0 aromatic carbocycles. The van der Waals surface area contributed by atoms with Crippen molar-refractivity contribution < 1.29 is 9.90 Å². The van der Waals surface area contributed by atoms with E-state index in [9.17, 15) is 4.79 Å². The molecule has 1 aliphatic heterocycles. The van der Waals surface area contributed by atoms with Crippen molar-refractivity contribution in [1.29, 1.82) is 0 Å². The van der Waals surface area contributed by atoms with Gasteiger partial charge in [0.05, 0.1) is 0 Å². The zero-order chi connectivity index (χ0) is 12.5. The highest BCUT2D eigenvalue weighted by Crippen LogP contribution is 2.29. The quantitative estimate of drug-likeness (QED) is 0.853. The van der Waals surface area contributed by atoms with Crippen molar-refractivity contribution in [1.82, 2.24) is 10.2 Å². The van der Waals surface area contributed by atoms with E-state index < -0.39 is 5.97 Å². The molecule has 18 heavy (non-hydrogen) atoms. The number of hydrogen-bond donors (Lipinski definition) is 2. The standard InChI is InChI=1S/C13H18N2O2S/c16-13(17)12-9(4-6-18-12)7-14-10-3-5-15(8-10)11-1-2-11/h4,6,10-11,14H,1-3,5,7-8H2,(H,16,17). The van der Waals surface area contributed by atoms with Crippen molar-refractivity contribution in [2.45, 2.75) is 37.9 Å². The second-order valence-corrected chi connectivity index (χ2v) is 6.09. The summed E-state index contributed by atoms with van der Waals surface area (Å²) in [6.07, 6.45) is 3.91. The van der Waals surface area contributed by atoms with E-state index in [2.05, 4.69) is 10.2 Å². The first kappa shape index (κ1) is 12.1. The molecule has 3 rings (SSSR count). The van der Waals surface area contributed by atoms with Crippen molar-refractivity contribution >= 4 is 17.3 Å². The Kier molecular flexibility index (Phi) is 3.37. The predicted octanol–water partition coefficient (Wildman–Crippen LogP) is 1.77. The van der Waals surface area contributed by atoms with E-state index in [-0.39, 0.29) is 0 Å². The molecule has 0 spiro atoms. The van der Waals surface area contributed by atoms with E-state index in [0.29, 0.717) is 17.5 Å². The van der Waals surface area contributed by atoms with Crippen LogP contribution in [0.1, 0.15) is 34.5 Å². The van der Waals surface area contributed by atoms with Crippen molar-refractivity contribution in [2.75, 3.05) is 13.1 Å². The lowest BCUT2D eigenvalue weighted by atomic mass is 10.2. The first-order valence-corrected chi connectivity index (χ1v) is 7.39. The lowest BCUT2D eigenvalue weighted by molar-refractivity contribution is 0.0701. The Balaban J connectivity index is 1.52. The molecular weight excluding hydrogens is 248 g/mol. The number of carbonyl (C=O) groups is 1. The Morgan fingerprint density at radius 3 is 3.06 bits per heavy atom. The third-order valence-electron chi connectivity index (χ3n) is 3.81. The predicted molar refractivity (Wildman–Crippen MR) is 71.1 cm³/mol. The Hall–Kier alpha value is -0.910. The molecule has 1 saturated carbocycles. The van der Waals surface area contributed by atoms with Gasteiger partial charge in [-0.25, -0.2) is 4.79 Å². The monoisotopic (exact) mass is 266 g/mol. The van der Waals surface area contributed by atoms with Crippen LogP contribution in [0.2, 0.25) is 0 Å². The normalized spacial score (nSPS) is 24.6. The van der Waals surface area contributed by atoms with Crippen LogP contribution < -0.4 is 5.32 Å². The first-order chi connectivity index (χ1) is 8.74. The fraction of sp³-hybridized carbons (Fsp3) is 0.615. The number of carboxylic acids is 1. The van der Waals surface area contributed by atoms with Gasteiger partial charge in [0.25, 0.3) is 0 Å². The second-order valence-electron chi connectivity index (χ2n) is 5.17. The minimum absolute atomic E-state index is 0.472. The van der Waals surface area contributed by atoms with Gasteiger partial charge in [-0.15, -0.1) is 11.3 Å². The van der Waals surface area contributed by atoms with Crippen LogP contribution in [0.4, 0.5) is 0 Å². The van der Waals surface area contributed by atoms with Crippen LogP contribution in [0.3, 0.4) is 0 Å². The third-order valence-corrected chi connectivity index (χ3v) is 4.75. The molecule has 1 aromatic heterocycles. The number of rotatable bonds is 5. The van der Waals surface area contributed by atoms with Gasteiger partial charge in [-0.2, -0.15) is 0 Å². The molecule has 0 bridgehead atoms. The first-order valence-electron chi connectivity index (χ1n) is 6.51. The molecular formula is C13H18N2O2S. The molecule has 2 heterocycles. The minimum atomic E-state index is -0.812. The summed E-state index contributed by atoms with van der Waals surface area (Å²) in [5.41, 5.74) is 0.914. The summed E-state index contributed by atoms with van der Waals surface area (Å²) < 4.78 is 0. The van der Waals surface area contributed by atoms with Gasteiger partial charge in [0.15, 0.2) is 0 Å². The molecule has 2 aliphatic rings. The molecule has 98 valence electrons. The van der Waals surface area contributed by atoms with Crippen LogP contribution in [0, 0.1) is 0 Å². The number of hydrogen-bond acceptors (Lipinski definition) is 4. The van der Waals surface area contributed by atoms with E-state index in [0.717, 1.165) is 18.2 Å². The summed E-state index contributed by atoms with van der Waals surface area (Å²) in [6, 6.07) is 3.27. The highest BCUT2D eigenvalue weighted by atomic mass is 32.1. The molecule has 2 fully saturated rings. The summed E-state index contributed by atoms with van der Waals surface area (Å²) in [5.74, 6) is -0.812. The molecule has 4 nitrogen and oxygen atoms in total. The maximum Gasteiger partial charge on any atom is 0.346 e. The Bertz CT molecular complexity index is 442. The molecule has 2 N–H and O–H groups in total. The molecule has 1 unspecified atom stereocenters. The summed E-state index contributed by atoms with van der Waals surface area (Å²) in [4.78, 5) is 14.0. The zero-order valence-corrected chi connectivity index (χ0v) is 11.1. The molecule has 1 atom stereocenters. The van der Waals surface area contributed by atoms with E-state index >= 15 is 0 Å². The second kappa shape index (κ2) is 4.99. The Morgan fingerprint density at radius 2 is 2.33 bits per heavy atom. The smallest absolute Gasteiger partial charge is 0.346 e. The number of carboxylic acid groups (broad SMARTS) is 1. The van der Waals surface area contributed by atoms with Gasteiger partial charge in [-0.05, 0) is 36.3 Å². The summed E-state index contributed by atoms with van der Waals surface area (Å²) in [7, 11) is 0. The fourth-order valence-corrected chi connectivity index (χ4v) is 3.40. The van der Waals surface area contributed by atoms with Crippen LogP contribution in [0.5, 0.6) is 0 Å². The highest BCUT2D eigenvalue weighted by Gasteiger charge is 2.34. The van der Waals surface area contributed by atoms with Crippen molar-refractivity contribution in [3.63, 3.8) is 0 Å². The number of nitrogens with one attached hydrogen (secondary N) is 1. The topological polar surface area (TPSA) is 52.6 Å². The van der Waals surface area contributed by atoms with E-state index in [4.69, 9.17) is 5.11 Å². The fourth-order valence-electron chi connectivity index (χ4n) is 2.64. The molecule has 1 saturated heterocycles. The van der Waals surface area contributed by atoms with E-state index in [1.165, 1.54) is 37.1 Å². The number of thiophene rings is 1. The van der Waals surface area contributed by atoms with Gasteiger partial charge in [-0.1, -0.05) is 0 Å². The largest absolute Gasteiger partial charge is 0.477 e. The Morgan fingerprint density at radius 1 is 1.50 bits per heavy atom. The summed E-state index contributed by atoms with van der Waals surface area (Å²) >= 11 is 1.31. The molecule has 1 aliphatic carbocycles. The maximum atomic E-state index is 11.0. The van der Waals surface area contributed by atoms with Crippen LogP contribution in [0.25, 0.3) is 0 Å². The van der Waals surface area contributed by atoms with Crippen molar-refractivity contribution in [3.8, 4) is 0 Å². The summed E-state index contributed by atoms with van der Waals surface area (Å²) in [6.45, 7) is 2.99. The molecule has 0 amide bonds. The SMILES string of the molecule is O=C(O)c1sccc1CNC1CCN(C2CC2)C1. The number of aromatic carboxylic acids is 1. The minimum Gasteiger partial charge on any atom is -0.477 e. The maximum absolute atomic E-state index is 11.0. The van der Waals surface area contributed by atoms with Crippen LogP contribution in [-0.4, -0.2) is 41.1 Å². The van der Waals surface area contributed by atoms with Crippen LogP contribution in [-0.2, 0) is 6.54 Å². The molecule has 5 heteroatoms. The molecule has 1 aromatic rings. The Labute approximate surface area is 111 Å². The zero-order valence-electron chi connectivity index (χ0n) is 10.3. The summed E-state index contributed by atoms with van der Waals surface area (Å²) in [5, 5.41) is 14.4. The lowest BCUT2D eigenvalue weighted by Crippen LogP contribution is -2.33. The van der Waals surface area contributed by atoms with Gasteiger partial charge in [0, 0.05) is 31.7 Å². The van der Waals surface area contributed by atoms with E-state index in [1.54, 1.807) is 0 Å². The number of nitrogens with zero attached hydrogens (tertiary/aromatic N) is 1. The van der Waals surface area contributed by atoms with Gasteiger partial charge in [0.2, 0.25) is 0 Å². The van der Waals surface area contributed by atoms with Crippen molar-refractivity contribution in [3.05, 3.63) is 21.9 Å². The van der Waals surface area contributed by atoms with Gasteiger partial charge < -0.3 is 10.4 Å². The van der Waals surface area contributed by atoms with Crippen LogP contribution in [0.15, 0.2) is 11.4 Å². The van der Waals surface area contributed by atoms with Crippen LogP contribution >= 0.6 is 11.3 Å². The number of likely N-dealkylation sites (tertiary alicyclic amines) is 1. The highest BCUT2D eigenvalue weighted by molar-refractivity contribution is 7.12. The average molecular weight is 266 g/mol. The third kappa shape index (κ3) is 2.58.